The summed E-state index contributed by atoms with van der Waals surface area (Å²) in [4.78, 5) is 27.0. The van der Waals surface area contributed by atoms with Gasteiger partial charge < -0.3 is 4.74 Å². The van der Waals surface area contributed by atoms with E-state index in [0.717, 1.165) is 0 Å². The van der Waals surface area contributed by atoms with Gasteiger partial charge in [0.25, 0.3) is 0 Å². The maximum atomic E-state index is 10.1. The molecule has 0 bridgehead atoms. The summed E-state index contributed by atoms with van der Waals surface area (Å²) in [7, 11) is 0. The van der Waals surface area contributed by atoms with Crippen LogP contribution in [0.15, 0.2) is 28.2 Å². The largest absolute Gasteiger partial charge is 0.492 e. The lowest BCUT2D eigenvalue weighted by Gasteiger charge is -2.05. The molecule has 0 atom stereocenters. The Morgan fingerprint density at radius 2 is 2.00 bits per heavy atom. The molecule has 0 spiro atoms. The Morgan fingerprint density at radius 3 is 2.60 bits per heavy atom. The van der Waals surface area contributed by atoms with E-state index in [4.69, 9.17) is 4.74 Å². The SMILES string of the molecule is CCOc1ccc(N=C=O)cc1N=C=O. The highest BCUT2D eigenvalue weighted by molar-refractivity contribution is 5.64. The molecule has 0 unspecified atom stereocenters. The molecule has 0 aliphatic carbocycles. The van der Waals surface area contributed by atoms with Crippen LogP contribution in [0.4, 0.5) is 11.4 Å². The van der Waals surface area contributed by atoms with Gasteiger partial charge in [0.1, 0.15) is 11.4 Å². The Balaban J connectivity index is 3.19. The molecule has 0 N–H and O–H groups in total. The summed E-state index contributed by atoms with van der Waals surface area (Å²) in [6.07, 6.45) is 2.81. The smallest absolute Gasteiger partial charge is 0.240 e. The lowest BCUT2D eigenvalue weighted by atomic mass is 10.2. The second-order valence-electron chi connectivity index (χ2n) is 2.49. The van der Waals surface area contributed by atoms with Crippen LogP contribution < -0.4 is 4.74 Å². The van der Waals surface area contributed by atoms with Crippen LogP contribution in [0.1, 0.15) is 6.92 Å². The van der Waals surface area contributed by atoms with Crippen molar-refractivity contribution in [1.82, 2.24) is 0 Å². The Morgan fingerprint density at radius 1 is 1.27 bits per heavy atom. The second-order valence-corrected chi connectivity index (χ2v) is 2.49. The minimum Gasteiger partial charge on any atom is -0.492 e. The Labute approximate surface area is 86.1 Å². The predicted octanol–water partition coefficient (Wildman–Crippen LogP) is 2.02. The van der Waals surface area contributed by atoms with Crippen molar-refractivity contribution in [3.05, 3.63) is 18.2 Å². The normalized spacial score (nSPS) is 8.60. The number of carbonyl (C=O) groups excluding carboxylic acids is 2. The lowest BCUT2D eigenvalue weighted by Crippen LogP contribution is -1.91. The molecule has 0 fully saturated rings. The van der Waals surface area contributed by atoms with Gasteiger partial charge in [0.15, 0.2) is 0 Å². The average molecular weight is 204 g/mol. The predicted molar refractivity (Wildman–Crippen MR) is 53.2 cm³/mol. The fourth-order valence-corrected chi connectivity index (χ4v) is 1.04. The minimum absolute atomic E-state index is 0.295. The topological polar surface area (TPSA) is 68.1 Å². The van der Waals surface area contributed by atoms with Crippen LogP contribution in [-0.4, -0.2) is 18.8 Å². The molecule has 0 heterocycles. The van der Waals surface area contributed by atoms with E-state index in [0.29, 0.717) is 23.7 Å². The van der Waals surface area contributed by atoms with Crippen LogP contribution in [-0.2, 0) is 9.59 Å². The Kier molecular flexibility index (Phi) is 3.98. The first-order valence-corrected chi connectivity index (χ1v) is 4.24. The second kappa shape index (κ2) is 5.50. The first kappa shape index (κ1) is 10.9. The van der Waals surface area contributed by atoms with Gasteiger partial charge in [0, 0.05) is 0 Å². The van der Waals surface area contributed by atoms with Crippen LogP contribution in [0, 0.1) is 0 Å². The van der Waals surface area contributed by atoms with Crippen molar-refractivity contribution >= 4 is 23.5 Å². The first-order chi connectivity index (χ1) is 7.31. The van der Waals surface area contributed by atoms with E-state index in [9.17, 15) is 9.59 Å². The van der Waals surface area contributed by atoms with Crippen molar-refractivity contribution in [2.45, 2.75) is 6.92 Å². The van der Waals surface area contributed by atoms with Gasteiger partial charge in [-0.3, -0.25) is 0 Å². The zero-order valence-electron chi connectivity index (χ0n) is 8.06. The fourth-order valence-electron chi connectivity index (χ4n) is 1.04. The van der Waals surface area contributed by atoms with Crippen molar-refractivity contribution in [3.63, 3.8) is 0 Å². The number of aliphatic imine (C=N–C) groups is 2. The molecular formula is C10H8N2O3. The highest BCUT2D eigenvalue weighted by Gasteiger charge is 2.03. The van der Waals surface area contributed by atoms with Gasteiger partial charge in [-0.25, -0.2) is 9.59 Å². The van der Waals surface area contributed by atoms with Gasteiger partial charge in [-0.15, -0.1) is 0 Å². The molecule has 0 radical (unpaired) electrons. The highest BCUT2D eigenvalue weighted by atomic mass is 16.5. The Bertz CT molecular complexity index is 444. The van der Waals surface area contributed by atoms with E-state index in [2.05, 4.69) is 9.98 Å². The molecule has 0 aliphatic heterocycles. The average Bonchev–Trinajstić information content (AvgIpc) is 2.23. The van der Waals surface area contributed by atoms with Crippen molar-refractivity contribution in [1.29, 1.82) is 0 Å². The summed E-state index contributed by atoms with van der Waals surface area (Å²) in [6.45, 7) is 2.27. The molecule has 5 nitrogen and oxygen atoms in total. The number of ether oxygens (including phenoxy) is 1. The van der Waals surface area contributed by atoms with E-state index in [1.54, 1.807) is 12.1 Å². The summed E-state index contributed by atoms with van der Waals surface area (Å²) in [5.41, 5.74) is 0.658. The van der Waals surface area contributed by atoms with Crippen LogP contribution in [0.5, 0.6) is 5.75 Å². The minimum atomic E-state index is 0.295. The molecule has 1 aromatic rings. The molecule has 76 valence electrons. The number of hydrogen-bond donors (Lipinski definition) is 0. The van der Waals surface area contributed by atoms with Crippen LogP contribution >= 0.6 is 0 Å². The van der Waals surface area contributed by atoms with Crippen molar-refractivity contribution < 1.29 is 14.3 Å². The van der Waals surface area contributed by atoms with Gasteiger partial charge in [0.2, 0.25) is 12.2 Å². The van der Waals surface area contributed by atoms with E-state index >= 15 is 0 Å². The molecule has 0 amide bonds. The summed E-state index contributed by atoms with van der Waals surface area (Å²) >= 11 is 0. The van der Waals surface area contributed by atoms with E-state index in [-0.39, 0.29) is 0 Å². The van der Waals surface area contributed by atoms with Crippen LogP contribution in [0.2, 0.25) is 0 Å². The molecule has 0 saturated heterocycles. The number of rotatable bonds is 4. The zero-order valence-corrected chi connectivity index (χ0v) is 8.06. The highest BCUT2D eigenvalue weighted by Crippen LogP contribution is 2.31. The maximum Gasteiger partial charge on any atom is 0.240 e. The van der Waals surface area contributed by atoms with E-state index in [1.165, 1.54) is 18.2 Å². The standard InChI is InChI=1S/C10H8N2O3/c1-2-15-10-4-3-8(11-6-13)5-9(10)12-7-14/h3-5H,2H2,1H3. The molecule has 15 heavy (non-hydrogen) atoms. The zero-order chi connectivity index (χ0) is 11.1. The quantitative estimate of drug-likeness (QED) is 0.556. The molecule has 1 rings (SSSR count). The molecule has 1 aromatic carbocycles. The number of isocyanates is 2. The monoisotopic (exact) mass is 204 g/mol. The van der Waals surface area contributed by atoms with E-state index < -0.39 is 0 Å². The molecule has 5 heteroatoms. The third kappa shape index (κ3) is 2.88. The van der Waals surface area contributed by atoms with Crippen molar-refractivity contribution in [3.8, 4) is 5.75 Å². The van der Waals surface area contributed by atoms with E-state index in [1.807, 2.05) is 6.92 Å². The number of hydrogen-bond acceptors (Lipinski definition) is 5. The number of benzene rings is 1. The van der Waals surface area contributed by atoms with Gasteiger partial charge in [-0.1, -0.05) is 0 Å². The number of nitrogens with zero attached hydrogens (tertiary/aromatic N) is 2. The van der Waals surface area contributed by atoms with Gasteiger partial charge in [-0.2, -0.15) is 9.98 Å². The molecule has 0 aromatic heterocycles. The van der Waals surface area contributed by atoms with Gasteiger partial charge >= 0.3 is 0 Å². The summed E-state index contributed by atoms with van der Waals surface area (Å²) in [5.74, 6) is 0.450. The third-order valence-corrected chi connectivity index (χ3v) is 1.58. The molecule has 0 aliphatic rings. The maximum absolute atomic E-state index is 10.1. The van der Waals surface area contributed by atoms with Crippen molar-refractivity contribution in [2.75, 3.05) is 6.61 Å². The molecular weight excluding hydrogens is 196 g/mol. The Hall–Kier alpha value is -2.22. The van der Waals surface area contributed by atoms with Gasteiger partial charge in [0.05, 0.1) is 12.3 Å². The fraction of sp³-hybridized carbons (Fsp3) is 0.200. The third-order valence-electron chi connectivity index (χ3n) is 1.58. The van der Waals surface area contributed by atoms with Crippen LogP contribution in [0.25, 0.3) is 0 Å². The summed E-state index contributed by atoms with van der Waals surface area (Å²) in [5, 5.41) is 0. The molecule has 0 saturated carbocycles. The first-order valence-electron chi connectivity index (χ1n) is 4.24. The van der Waals surface area contributed by atoms with Crippen molar-refractivity contribution in [2.24, 2.45) is 9.98 Å². The summed E-state index contributed by atoms with van der Waals surface area (Å²) < 4.78 is 5.21. The lowest BCUT2D eigenvalue weighted by molar-refractivity contribution is 0.341. The summed E-state index contributed by atoms with van der Waals surface area (Å²) in [6, 6.07) is 4.59. The van der Waals surface area contributed by atoms with Gasteiger partial charge in [-0.05, 0) is 25.1 Å². The van der Waals surface area contributed by atoms with Crippen LogP contribution in [0.3, 0.4) is 0 Å².